The van der Waals surface area contributed by atoms with E-state index in [0.29, 0.717) is 35.1 Å². The zero-order valence-electron chi connectivity index (χ0n) is 15.6. The van der Waals surface area contributed by atoms with Crippen LogP contribution in [-0.4, -0.2) is 18.4 Å². The highest BCUT2D eigenvalue weighted by atomic mass is 35.5. The van der Waals surface area contributed by atoms with Gasteiger partial charge >= 0.3 is 0 Å². The summed E-state index contributed by atoms with van der Waals surface area (Å²) < 4.78 is 18.7. The first-order chi connectivity index (χ1) is 14.0. The van der Waals surface area contributed by atoms with Gasteiger partial charge in [-0.2, -0.15) is 0 Å². The predicted octanol–water partition coefficient (Wildman–Crippen LogP) is 4.57. The second kappa shape index (κ2) is 9.89. The number of carbonyl (C=O) groups is 2. The first kappa shape index (κ1) is 20.6. The standard InChI is InChI=1S/C22H20ClFN2O3/c23-17-7-3-16(4-8-17)22(28)25-13-1-2-21(27)26-14-19-11-12-20(29-19)15-5-9-18(24)10-6-15/h3-12H,1-2,13-14H2,(H,25,28)(H,26,27). The van der Waals surface area contributed by atoms with Crippen LogP contribution in [0.1, 0.15) is 29.0 Å². The first-order valence-electron chi connectivity index (χ1n) is 9.16. The molecule has 0 spiro atoms. The van der Waals surface area contributed by atoms with E-state index in [1.165, 1.54) is 12.1 Å². The molecule has 0 aliphatic carbocycles. The summed E-state index contributed by atoms with van der Waals surface area (Å²) >= 11 is 5.79. The number of hydrogen-bond acceptors (Lipinski definition) is 3. The van der Waals surface area contributed by atoms with Crippen molar-refractivity contribution in [2.45, 2.75) is 19.4 Å². The molecule has 150 valence electrons. The van der Waals surface area contributed by atoms with Gasteiger partial charge in [-0.1, -0.05) is 11.6 Å². The maximum Gasteiger partial charge on any atom is 0.251 e. The van der Waals surface area contributed by atoms with Crippen LogP contribution in [0.25, 0.3) is 11.3 Å². The summed E-state index contributed by atoms with van der Waals surface area (Å²) in [5.74, 6) is 0.571. The summed E-state index contributed by atoms with van der Waals surface area (Å²) in [4.78, 5) is 23.9. The molecule has 29 heavy (non-hydrogen) atoms. The molecule has 5 nitrogen and oxygen atoms in total. The van der Waals surface area contributed by atoms with E-state index in [4.69, 9.17) is 16.0 Å². The molecule has 7 heteroatoms. The zero-order chi connectivity index (χ0) is 20.6. The highest BCUT2D eigenvalue weighted by Gasteiger charge is 2.08. The minimum absolute atomic E-state index is 0.134. The van der Waals surface area contributed by atoms with Gasteiger partial charge in [0.15, 0.2) is 0 Å². The van der Waals surface area contributed by atoms with Crippen molar-refractivity contribution in [1.29, 1.82) is 0 Å². The van der Waals surface area contributed by atoms with Crippen molar-refractivity contribution < 1.29 is 18.4 Å². The van der Waals surface area contributed by atoms with Gasteiger partial charge in [-0.05, 0) is 67.1 Å². The van der Waals surface area contributed by atoms with Gasteiger partial charge in [0, 0.05) is 29.1 Å². The van der Waals surface area contributed by atoms with E-state index in [9.17, 15) is 14.0 Å². The van der Waals surface area contributed by atoms with Crippen molar-refractivity contribution in [1.82, 2.24) is 10.6 Å². The number of nitrogens with one attached hydrogen (secondary N) is 2. The molecule has 2 amide bonds. The molecule has 0 fully saturated rings. The van der Waals surface area contributed by atoms with Crippen LogP contribution < -0.4 is 10.6 Å². The van der Waals surface area contributed by atoms with Gasteiger partial charge < -0.3 is 15.1 Å². The van der Waals surface area contributed by atoms with Crippen molar-refractivity contribution in [3.8, 4) is 11.3 Å². The number of carbonyl (C=O) groups excluding carboxylic acids is 2. The molecular formula is C22H20ClFN2O3. The molecular weight excluding hydrogens is 395 g/mol. The normalized spacial score (nSPS) is 10.6. The van der Waals surface area contributed by atoms with Gasteiger partial charge in [-0.15, -0.1) is 0 Å². The topological polar surface area (TPSA) is 71.3 Å². The molecule has 0 atom stereocenters. The van der Waals surface area contributed by atoms with E-state index in [1.54, 1.807) is 48.5 Å². The van der Waals surface area contributed by atoms with Crippen LogP contribution in [0.4, 0.5) is 4.39 Å². The predicted molar refractivity (Wildman–Crippen MR) is 109 cm³/mol. The van der Waals surface area contributed by atoms with Gasteiger partial charge in [-0.25, -0.2) is 4.39 Å². The Morgan fingerprint density at radius 2 is 1.66 bits per heavy atom. The monoisotopic (exact) mass is 414 g/mol. The molecule has 0 saturated heterocycles. The average molecular weight is 415 g/mol. The van der Waals surface area contributed by atoms with Gasteiger partial charge in [-0.3, -0.25) is 9.59 Å². The fourth-order valence-corrected chi connectivity index (χ4v) is 2.80. The summed E-state index contributed by atoms with van der Waals surface area (Å²) in [5.41, 5.74) is 1.29. The van der Waals surface area contributed by atoms with Gasteiger partial charge in [0.2, 0.25) is 5.91 Å². The Kier molecular flexibility index (Phi) is 7.03. The molecule has 3 aromatic rings. The van der Waals surface area contributed by atoms with Gasteiger partial charge in [0.25, 0.3) is 5.91 Å². The highest BCUT2D eigenvalue weighted by Crippen LogP contribution is 2.22. The highest BCUT2D eigenvalue weighted by molar-refractivity contribution is 6.30. The molecule has 2 N–H and O–H groups in total. The lowest BCUT2D eigenvalue weighted by molar-refractivity contribution is -0.121. The van der Waals surface area contributed by atoms with Crippen molar-refractivity contribution >= 4 is 23.4 Å². The lowest BCUT2D eigenvalue weighted by Crippen LogP contribution is -2.27. The van der Waals surface area contributed by atoms with E-state index >= 15 is 0 Å². The lowest BCUT2D eigenvalue weighted by atomic mass is 10.2. The number of amides is 2. The second-order valence-corrected chi connectivity index (χ2v) is 6.85. The molecule has 2 aromatic carbocycles. The molecule has 0 aliphatic heterocycles. The Morgan fingerprint density at radius 3 is 2.38 bits per heavy atom. The summed E-state index contributed by atoms with van der Waals surface area (Å²) in [6.45, 7) is 0.654. The quantitative estimate of drug-likeness (QED) is 0.530. The van der Waals surface area contributed by atoms with Crippen LogP contribution in [0.15, 0.2) is 65.1 Å². The maximum absolute atomic E-state index is 13.0. The largest absolute Gasteiger partial charge is 0.459 e. The minimum Gasteiger partial charge on any atom is -0.459 e. The van der Waals surface area contributed by atoms with E-state index in [-0.39, 0.29) is 30.6 Å². The van der Waals surface area contributed by atoms with Crippen LogP contribution in [-0.2, 0) is 11.3 Å². The summed E-state index contributed by atoms with van der Waals surface area (Å²) in [6.07, 6.45) is 0.802. The van der Waals surface area contributed by atoms with Crippen molar-refractivity contribution in [3.05, 3.63) is 82.8 Å². The maximum atomic E-state index is 13.0. The number of hydrogen-bond donors (Lipinski definition) is 2. The van der Waals surface area contributed by atoms with Crippen LogP contribution >= 0.6 is 11.6 Å². The van der Waals surface area contributed by atoms with E-state index in [2.05, 4.69) is 10.6 Å². The number of furan rings is 1. The van der Waals surface area contributed by atoms with Crippen molar-refractivity contribution in [2.75, 3.05) is 6.54 Å². The average Bonchev–Trinajstić information content (AvgIpc) is 3.19. The number of rotatable bonds is 8. The zero-order valence-corrected chi connectivity index (χ0v) is 16.3. The molecule has 0 saturated carbocycles. The second-order valence-electron chi connectivity index (χ2n) is 6.42. The van der Waals surface area contributed by atoms with Crippen LogP contribution in [0.5, 0.6) is 0 Å². The summed E-state index contributed by atoms with van der Waals surface area (Å²) in [7, 11) is 0. The third kappa shape index (κ3) is 6.19. The molecule has 0 bridgehead atoms. The summed E-state index contributed by atoms with van der Waals surface area (Å²) in [6, 6.07) is 16.1. The number of benzene rings is 2. The Morgan fingerprint density at radius 1 is 0.931 bits per heavy atom. The molecule has 0 radical (unpaired) electrons. The fraction of sp³-hybridized carbons (Fsp3) is 0.182. The number of halogens is 2. The molecule has 1 aromatic heterocycles. The fourth-order valence-electron chi connectivity index (χ4n) is 2.67. The first-order valence-corrected chi connectivity index (χ1v) is 9.54. The van der Waals surface area contributed by atoms with Gasteiger partial charge in [0.05, 0.1) is 6.54 Å². The smallest absolute Gasteiger partial charge is 0.251 e. The molecule has 1 heterocycles. The molecule has 3 rings (SSSR count). The Balaban J connectivity index is 1.36. The summed E-state index contributed by atoms with van der Waals surface area (Å²) in [5, 5.41) is 6.11. The van der Waals surface area contributed by atoms with Gasteiger partial charge in [0.1, 0.15) is 17.3 Å². The third-order valence-corrected chi connectivity index (χ3v) is 4.47. The Bertz CT molecular complexity index is 968. The van der Waals surface area contributed by atoms with Crippen LogP contribution in [0.3, 0.4) is 0 Å². The lowest BCUT2D eigenvalue weighted by Gasteiger charge is -2.06. The van der Waals surface area contributed by atoms with E-state index in [0.717, 1.165) is 5.56 Å². The van der Waals surface area contributed by atoms with Crippen molar-refractivity contribution in [2.24, 2.45) is 0 Å². The molecule has 0 unspecified atom stereocenters. The van der Waals surface area contributed by atoms with Crippen LogP contribution in [0.2, 0.25) is 5.02 Å². The molecule has 0 aliphatic rings. The van der Waals surface area contributed by atoms with Crippen molar-refractivity contribution in [3.63, 3.8) is 0 Å². The third-order valence-electron chi connectivity index (χ3n) is 4.22. The Hall–Kier alpha value is -3.12. The van der Waals surface area contributed by atoms with E-state index in [1.807, 2.05) is 0 Å². The minimum atomic E-state index is -0.308. The van der Waals surface area contributed by atoms with Crippen LogP contribution in [0, 0.1) is 5.82 Å². The Labute approximate surface area is 172 Å². The SMILES string of the molecule is O=C(CCCNC(=O)c1ccc(Cl)cc1)NCc1ccc(-c2ccc(F)cc2)o1. The van der Waals surface area contributed by atoms with E-state index < -0.39 is 0 Å².